The number of aliphatic hydroxyl groups excluding tert-OH is 1. The molecule has 1 N–H and O–H groups in total. The Balaban J connectivity index is 2.89. The van der Waals surface area contributed by atoms with Crippen LogP contribution < -0.4 is 0 Å². The van der Waals surface area contributed by atoms with Crippen LogP contribution in [0.2, 0.25) is 0 Å². The Labute approximate surface area is 126 Å². The molecule has 0 bridgehead atoms. The molecule has 6 nitrogen and oxygen atoms in total. The van der Waals surface area contributed by atoms with Gasteiger partial charge >= 0.3 is 18.2 Å². The van der Waals surface area contributed by atoms with Crippen LogP contribution in [0.1, 0.15) is 27.7 Å². The monoisotopic (exact) mass is 326 g/mol. The Kier molecular flexibility index (Phi) is 5.01. The van der Waals surface area contributed by atoms with E-state index in [1.54, 1.807) is 20.8 Å². The third kappa shape index (κ3) is 4.25. The van der Waals surface area contributed by atoms with Crippen molar-refractivity contribution in [3.63, 3.8) is 0 Å². The van der Waals surface area contributed by atoms with Crippen molar-refractivity contribution in [1.29, 1.82) is 0 Å². The molecule has 0 aromatic carbocycles. The molecule has 0 aromatic heterocycles. The minimum absolute atomic E-state index is 0.0909. The normalized spacial score (nSPS) is 23.5. The first-order valence-electron chi connectivity index (χ1n) is 6.78. The summed E-state index contributed by atoms with van der Waals surface area (Å²) >= 11 is 0. The number of ether oxygens (including phenoxy) is 1. The van der Waals surface area contributed by atoms with Crippen molar-refractivity contribution in [2.45, 2.75) is 45.0 Å². The molecule has 0 radical (unpaired) electrons. The van der Waals surface area contributed by atoms with E-state index in [1.807, 2.05) is 0 Å². The van der Waals surface area contributed by atoms with Gasteiger partial charge in [-0.25, -0.2) is 4.79 Å². The van der Waals surface area contributed by atoms with E-state index in [-0.39, 0.29) is 19.6 Å². The van der Waals surface area contributed by atoms with Gasteiger partial charge in [-0.2, -0.15) is 13.2 Å². The third-order valence-electron chi connectivity index (χ3n) is 3.26. The number of nitrogens with zero attached hydrogens (tertiary/aromatic N) is 2. The van der Waals surface area contributed by atoms with Gasteiger partial charge in [0, 0.05) is 19.6 Å². The summed E-state index contributed by atoms with van der Waals surface area (Å²) in [5, 5.41) is 9.43. The first-order chi connectivity index (χ1) is 9.80. The summed E-state index contributed by atoms with van der Waals surface area (Å²) < 4.78 is 43.0. The molecule has 9 heteroatoms. The molecular weight excluding hydrogens is 305 g/mol. The van der Waals surface area contributed by atoms with Gasteiger partial charge in [-0.1, -0.05) is 0 Å². The molecule has 0 saturated carbocycles. The van der Waals surface area contributed by atoms with Crippen molar-refractivity contribution in [2.24, 2.45) is 0 Å². The van der Waals surface area contributed by atoms with Crippen LogP contribution in [0.5, 0.6) is 0 Å². The molecule has 2 amide bonds. The van der Waals surface area contributed by atoms with Crippen molar-refractivity contribution < 1.29 is 32.6 Å². The summed E-state index contributed by atoms with van der Waals surface area (Å²) in [7, 11) is 0. The zero-order valence-corrected chi connectivity index (χ0v) is 13.0. The van der Waals surface area contributed by atoms with Gasteiger partial charge in [-0.15, -0.1) is 0 Å². The molecule has 1 aliphatic rings. The highest BCUT2D eigenvalue weighted by molar-refractivity contribution is 5.83. The van der Waals surface area contributed by atoms with Crippen LogP contribution in [0.3, 0.4) is 0 Å². The van der Waals surface area contributed by atoms with Crippen molar-refractivity contribution >= 4 is 12.0 Å². The molecule has 0 aromatic rings. The molecule has 22 heavy (non-hydrogen) atoms. The van der Waals surface area contributed by atoms with Gasteiger partial charge in [-0.05, 0) is 27.7 Å². The lowest BCUT2D eigenvalue weighted by molar-refractivity contribution is -0.196. The Hall–Kier alpha value is -1.51. The molecular formula is C13H21F3N2O4. The zero-order chi connectivity index (χ0) is 17.3. The Morgan fingerprint density at radius 3 is 2.18 bits per heavy atom. The van der Waals surface area contributed by atoms with Crippen LogP contribution in [-0.4, -0.2) is 70.5 Å². The largest absolute Gasteiger partial charge is 0.471 e. The Bertz CT molecular complexity index is 448. The van der Waals surface area contributed by atoms with Crippen LogP contribution in [0.15, 0.2) is 0 Å². The number of aliphatic hydroxyl groups is 1. The van der Waals surface area contributed by atoms with Crippen LogP contribution in [-0.2, 0) is 9.53 Å². The molecule has 1 atom stereocenters. The number of piperazine rings is 1. The van der Waals surface area contributed by atoms with Gasteiger partial charge in [0.15, 0.2) is 0 Å². The predicted molar refractivity (Wildman–Crippen MR) is 71.1 cm³/mol. The van der Waals surface area contributed by atoms with Crippen LogP contribution in [0.25, 0.3) is 0 Å². The fourth-order valence-electron chi connectivity index (χ4n) is 2.18. The fourth-order valence-corrected chi connectivity index (χ4v) is 2.18. The topological polar surface area (TPSA) is 70.1 Å². The maximum Gasteiger partial charge on any atom is 0.471 e. The van der Waals surface area contributed by atoms with E-state index in [4.69, 9.17) is 4.74 Å². The second-order valence-corrected chi connectivity index (χ2v) is 6.51. The minimum Gasteiger partial charge on any atom is -0.444 e. The van der Waals surface area contributed by atoms with Gasteiger partial charge in [0.25, 0.3) is 0 Å². The molecule has 0 spiro atoms. The molecule has 128 valence electrons. The summed E-state index contributed by atoms with van der Waals surface area (Å²) in [5.74, 6) is -2.02. The zero-order valence-electron chi connectivity index (χ0n) is 13.0. The van der Waals surface area contributed by atoms with E-state index in [9.17, 15) is 27.9 Å². The SMILES string of the molecule is CC(C)(C)OC(=O)N1CCN(C(=O)C(F)(F)F)C(C)(CO)C1. The van der Waals surface area contributed by atoms with Crippen molar-refractivity contribution in [3.8, 4) is 0 Å². The number of hydrogen-bond donors (Lipinski definition) is 1. The molecule has 1 saturated heterocycles. The number of alkyl halides is 3. The first-order valence-corrected chi connectivity index (χ1v) is 6.78. The van der Waals surface area contributed by atoms with E-state index in [0.717, 1.165) is 0 Å². The highest BCUT2D eigenvalue weighted by atomic mass is 19.4. The number of carbonyl (C=O) groups excluding carboxylic acids is 2. The summed E-state index contributed by atoms with van der Waals surface area (Å²) in [6.45, 7) is 4.95. The molecule has 1 fully saturated rings. The third-order valence-corrected chi connectivity index (χ3v) is 3.26. The van der Waals surface area contributed by atoms with E-state index in [0.29, 0.717) is 4.90 Å². The Morgan fingerprint density at radius 2 is 1.77 bits per heavy atom. The van der Waals surface area contributed by atoms with Crippen LogP contribution in [0, 0.1) is 0 Å². The van der Waals surface area contributed by atoms with Gasteiger partial charge in [-0.3, -0.25) is 4.79 Å². The van der Waals surface area contributed by atoms with E-state index in [2.05, 4.69) is 0 Å². The lowest BCUT2D eigenvalue weighted by atomic mass is 9.97. The molecule has 1 unspecified atom stereocenters. The summed E-state index contributed by atoms with van der Waals surface area (Å²) in [4.78, 5) is 25.2. The summed E-state index contributed by atoms with van der Waals surface area (Å²) in [6.07, 6.45) is -5.71. The summed E-state index contributed by atoms with van der Waals surface area (Å²) in [5.41, 5.74) is -2.26. The van der Waals surface area contributed by atoms with Crippen molar-refractivity contribution in [3.05, 3.63) is 0 Å². The first kappa shape index (κ1) is 18.5. The van der Waals surface area contributed by atoms with Gasteiger partial charge in [0.05, 0.1) is 12.1 Å². The minimum atomic E-state index is -5.02. The number of halogens is 3. The number of rotatable bonds is 1. The standard InChI is InChI=1S/C13H21F3N2O4/c1-11(2,3)22-10(21)17-5-6-18(9(20)13(14,15)16)12(4,7-17)8-19/h19H,5-8H2,1-4H3. The highest BCUT2D eigenvalue weighted by Crippen LogP contribution is 2.28. The van der Waals surface area contributed by atoms with Gasteiger partial charge < -0.3 is 19.6 Å². The van der Waals surface area contributed by atoms with Gasteiger partial charge in [0.1, 0.15) is 5.60 Å². The quantitative estimate of drug-likeness (QED) is 0.790. The second kappa shape index (κ2) is 5.94. The van der Waals surface area contributed by atoms with Crippen molar-refractivity contribution in [1.82, 2.24) is 9.80 Å². The fraction of sp³-hybridized carbons (Fsp3) is 0.846. The maximum absolute atomic E-state index is 12.6. The lowest BCUT2D eigenvalue weighted by Gasteiger charge is -2.47. The Morgan fingerprint density at radius 1 is 1.23 bits per heavy atom. The average Bonchev–Trinajstić information content (AvgIpc) is 2.34. The average molecular weight is 326 g/mol. The molecule has 1 heterocycles. The van der Waals surface area contributed by atoms with E-state index >= 15 is 0 Å². The summed E-state index contributed by atoms with van der Waals surface area (Å²) in [6, 6.07) is 0. The second-order valence-electron chi connectivity index (χ2n) is 6.51. The highest BCUT2D eigenvalue weighted by Gasteiger charge is 2.51. The number of amides is 2. The van der Waals surface area contributed by atoms with Crippen LogP contribution in [0.4, 0.5) is 18.0 Å². The predicted octanol–water partition coefficient (Wildman–Crippen LogP) is 1.38. The molecule has 1 aliphatic heterocycles. The van der Waals surface area contributed by atoms with Crippen molar-refractivity contribution in [2.75, 3.05) is 26.2 Å². The molecule has 1 rings (SSSR count). The maximum atomic E-state index is 12.6. The molecule has 0 aliphatic carbocycles. The van der Waals surface area contributed by atoms with Crippen LogP contribution >= 0.6 is 0 Å². The van der Waals surface area contributed by atoms with Gasteiger partial charge in [0.2, 0.25) is 0 Å². The smallest absolute Gasteiger partial charge is 0.444 e. The number of carbonyl (C=O) groups is 2. The van der Waals surface area contributed by atoms with E-state index < -0.39 is 35.9 Å². The van der Waals surface area contributed by atoms with E-state index in [1.165, 1.54) is 11.8 Å². The number of hydrogen-bond acceptors (Lipinski definition) is 4. The lowest BCUT2D eigenvalue weighted by Crippen LogP contribution is -2.67.